The summed E-state index contributed by atoms with van der Waals surface area (Å²) in [5.41, 5.74) is 4.97. The van der Waals surface area contributed by atoms with Gasteiger partial charge in [0.2, 0.25) is 5.95 Å². The number of anilines is 1. The Balaban J connectivity index is 1.73. The van der Waals surface area contributed by atoms with Gasteiger partial charge in [0.1, 0.15) is 18.3 Å². The first-order chi connectivity index (χ1) is 13.2. The SMILES string of the molecule is C=NCCNP(=O)(O)OC[C@H]1O[C@@H](n2cnc3c(=O)[nH]c(N)nc32)C(O)C1O. The number of aliphatic hydroxyl groups is 2. The number of hydrogen-bond donors (Lipinski definition) is 6. The zero-order chi connectivity index (χ0) is 20.5. The Hall–Kier alpha value is -2.19. The highest BCUT2D eigenvalue weighted by molar-refractivity contribution is 7.50. The van der Waals surface area contributed by atoms with Crippen molar-refractivity contribution in [3.8, 4) is 0 Å². The van der Waals surface area contributed by atoms with Crippen LogP contribution in [0.3, 0.4) is 0 Å². The third-order valence-corrected chi connectivity index (χ3v) is 5.18. The molecule has 14 nitrogen and oxygen atoms in total. The lowest BCUT2D eigenvalue weighted by Gasteiger charge is -2.18. The van der Waals surface area contributed by atoms with E-state index in [0.29, 0.717) is 0 Å². The van der Waals surface area contributed by atoms with Gasteiger partial charge >= 0.3 is 7.75 Å². The van der Waals surface area contributed by atoms with Crippen molar-refractivity contribution in [2.45, 2.75) is 24.5 Å². The van der Waals surface area contributed by atoms with Gasteiger partial charge in [0.15, 0.2) is 17.4 Å². The summed E-state index contributed by atoms with van der Waals surface area (Å²) in [5, 5.41) is 22.8. The van der Waals surface area contributed by atoms with Crippen LogP contribution in [0, 0.1) is 0 Å². The zero-order valence-electron chi connectivity index (χ0n) is 14.5. The van der Waals surface area contributed by atoms with Crippen molar-refractivity contribution >= 4 is 31.6 Å². The van der Waals surface area contributed by atoms with Crippen molar-refractivity contribution in [3.63, 3.8) is 0 Å². The Morgan fingerprint density at radius 3 is 2.96 bits per heavy atom. The molecule has 7 N–H and O–H groups in total. The second-order valence-electron chi connectivity index (χ2n) is 5.99. The van der Waals surface area contributed by atoms with E-state index >= 15 is 0 Å². The van der Waals surface area contributed by atoms with Gasteiger partial charge in [-0.2, -0.15) is 4.98 Å². The summed E-state index contributed by atoms with van der Waals surface area (Å²) in [6.07, 6.45) is -3.97. The minimum absolute atomic E-state index is 0.0286. The number of nitrogens with zero attached hydrogens (tertiary/aromatic N) is 4. The molecule has 5 atom stereocenters. The maximum absolute atomic E-state index is 11.9. The van der Waals surface area contributed by atoms with Gasteiger partial charge in [-0.1, -0.05) is 0 Å². The molecule has 15 heteroatoms. The second-order valence-corrected chi connectivity index (χ2v) is 7.61. The minimum atomic E-state index is -4.16. The summed E-state index contributed by atoms with van der Waals surface area (Å²) in [6, 6.07) is 0. The fourth-order valence-electron chi connectivity index (χ4n) is 2.72. The summed E-state index contributed by atoms with van der Waals surface area (Å²) in [5.74, 6) is -0.159. The Labute approximate surface area is 157 Å². The largest absolute Gasteiger partial charge is 0.403 e. The van der Waals surface area contributed by atoms with Gasteiger partial charge in [-0.05, 0) is 6.72 Å². The average molecular weight is 417 g/mol. The highest BCUT2D eigenvalue weighted by atomic mass is 31.2. The van der Waals surface area contributed by atoms with Crippen LogP contribution in [0.5, 0.6) is 0 Å². The normalized spacial score (nSPS) is 27.1. The number of ether oxygens (including phenoxy) is 1. The number of nitrogens with two attached hydrogens (primary N) is 1. The van der Waals surface area contributed by atoms with E-state index in [1.807, 2.05) is 0 Å². The first-order valence-corrected chi connectivity index (χ1v) is 9.70. The second kappa shape index (κ2) is 8.05. The number of nitrogen functional groups attached to an aromatic ring is 1. The summed E-state index contributed by atoms with van der Waals surface area (Å²) < 4.78 is 23.6. The molecule has 0 radical (unpaired) electrons. The van der Waals surface area contributed by atoms with Crippen molar-refractivity contribution in [1.82, 2.24) is 24.6 Å². The van der Waals surface area contributed by atoms with Gasteiger partial charge in [0.25, 0.3) is 5.56 Å². The van der Waals surface area contributed by atoms with Crippen LogP contribution in [0.2, 0.25) is 0 Å². The number of H-pyrrole nitrogens is 1. The van der Waals surface area contributed by atoms with E-state index in [1.54, 1.807) is 0 Å². The molecule has 3 rings (SSSR count). The third kappa shape index (κ3) is 4.12. The average Bonchev–Trinajstić information content (AvgIpc) is 3.16. The molecule has 1 fully saturated rings. The quantitative estimate of drug-likeness (QED) is 0.153. The molecule has 3 unspecified atom stereocenters. The van der Waals surface area contributed by atoms with Gasteiger partial charge < -0.3 is 25.6 Å². The number of aliphatic hydroxyl groups excluding tert-OH is 2. The molecule has 0 bridgehead atoms. The van der Waals surface area contributed by atoms with Crippen LogP contribution in [0.25, 0.3) is 11.2 Å². The number of aliphatic imine (C=N–C) groups is 1. The molecular weight excluding hydrogens is 397 g/mol. The van der Waals surface area contributed by atoms with Gasteiger partial charge in [0.05, 0.1) is 19.5 Å². The van der Waals surface area contributed by atoms with Crippen molar-refractivity contribution in [3.05, 3.63) is 16.7 Å². The molecule has 0 aromatic carbocycles. The Bertz CT molecular complexity index is 962. The van der Waals surface area contributed by atoms with E-state index in [2.05, 4.69) is 31.7 Å². The van der Waals surface area contributed by atoms with E-state index in [4.69, 9.17) is 15.0 Å². The highest BCUT2D eigenvalue weighted by Gasteiger charge is 2.45. The molecule has 1 aliphatic rings. The molecular formula is C13H20N7O7P. The van der Waals surface area contributed by atoms with Crippen LogP contribution in [-0.4, -0.2) is 79.4 Å². The Morgan fingerprint density at radius 2 is 2.25 bits per heavy atom. The molecule has 1 saturated heterocycles. The first kappa shape index (κ1) is 20.5. The molecule has 28 heavy (non-hydrogen) atoms. The van der Waals surface area contributed by atoms with E-state index in [-0.39, 0.29) is 30.2 Å². The number of fused-ring (bicyclic) bond motifs is 1. The van der Waals surface area contributed by atoms with E-state index < -0.39 is 44.5 Å². The van der Waals surface area contributed by atoms with Crippen LogP contribution >= 0.6 is 7.75 Å². The number of aromatic amines is 1. The maximum atomic E-state index is 11.9. The van der Waals surface area contributed by atoms with Gasteiger partial charge in [-0.3, -0.25) is 23.9 Å². The number of hydrogen-bond acceptors (Lipinski definition) is 10. The van der Waals surface area contributed by atoms with E-state index in [1.165, 1.54) is 10.9 Å². The predicted octanol–water partition coefficient (Wildman–Crippen LogP) is -2.27. The fraction of sp³-hybridized carbons (Fsp3) is 0.538. The summed E-state index contributed by atoms with van der Waals surface area (Å²) in [4.78, 5) is 35.2. The smallest absolute Gasteiger partial charge is 0.387 e. The number of rotatable bonds is 8. The number of nitrogens with one attached hydrogen (secondary N) is 2. The molecule has 1 aliphatic heterocycles. The first-order valence-electron chi connectivity index (χ1n) is 8.12. The van der Waals surface area contributed by atoms with E-state index in [0.717, 1.165) is 0 Å². The van der Waals surface area contributed by atoms with Crippen molar-refractivity contribution < 1.29 is 28.9 Å². The minimum Gasteiger partial charge on any atom is -0.387 e. The zero-order valence-corrected chi connectivity index (χ0v) is 15.4. The van der Waals surface area contributed by atoms with Crippen molar-refractivity contribution in [1.29, 1.82) is 0 Å². The highest BCUT2D eigenvalue weighted by Crippen LogP contribution is 2.39. The van der Waals surface area contributed by atoms with Crippen molar-refractivity contribution in [2.24, 2.45) is 4.99 Å². The van der Waals surface area contributed by atoms with Crippen LogP contribution < -0.4 is 16.4 Å². The predicted molar refractivity (Wildman–Crippen MR) is 96.7 cm³/mol. The van der Waals surface area contributed by atoms with Crippen LogP contribution in [-0.2, 0) is 13.8 Å². The van der Waals surface area contributed by atoms with Crippen LogP contribution in [0.1, 0.15) is 6.23 Å². The van der Waals surface area contributed by atoms with Crippen LogP contribution in [0.15, 0.2) is 16.1 Å². The fourth-order valence-corrected chi connectivity index (χ4v) is 3.54. The van der Waals surface area contributed by atoms with Gasteiger partial charge in [-0.25, -0.2) is 14.6 Å². The standard InChI is InChI=1S/C13H20N7O7P/c1-15-2-3-17-28(24,25)26-4-6-8(21)9(22)12(27-6)20-5-16-7-10(20)18-13(14)19-11(7)23/h5-6,8-9,12,21-22H,1-4H2,(H2,17,24,25)(H3,14,18,19,23)/t6-,8?,9?,12-/m1/s1. The molecule has 0 amide bonds. The molecule has 0 saturated carbocycles. The van der Waals surface area contributed by atoms with Gasteiger partial charge in [-0.15, -0.1) is 0 Å². The van der Waals surface area contributed by atoms with Crippen LogP contribution in [0.4, 0.5) is 5.95 Å². The number of aromatic nitrogens is 4. The lowest BCUT2D eigenvalue weighted by atomic mass is 10.1. The number of imidazole rings is 1. The lowest BCUT2D eigenvalue weighted by Crippen LogP contribution is -2.34. The molecule has 2 aromatic rings. The Kier molecular flexibility index (Phi) is 5.90. The molecule has 2 aromatic heterocycles. The monoisotopic (exact) mass is 417 g/mol. The molecule has 3 heterocycles. The lowest BCUT2D eigenvalue weighted by molar-refractivity contribution is -0.0487. The summed E-state index contributed by atoms with van der Waals surface area (Å²) in [7, 11) is -4.16. The van der Waals surface area contributed by atoms with Gasteiger partial charge in [0, 0.05) is 6.54 Å². The molecule has 154 valence electrons. The topological polar surface area (TPSA) is 210 Å². The molecule has 0 aliphatic carbocycles. The Morgan fingerprint density at radius 1 is 1.50 bits per heavy atom. The third-order valence-electron chi connectivity index (χ3n) is 4.06. The summed E-state index contributed by atoms with van der Waals surface area (Å²) in [6.45, 7) is 3.04. The molecule has 0 spiro atoms. The van der Waals surface area contributed by atoms with E-state index in [9.17, 15) is 24.5 Å². The maximum Gasteiger partial charge on any atom is 0.403 e. The summed E-state index contributed by atoms with van der Waals surface area (Å²) >= 11 is 0. The van der Waals surface area contributed by atoms with Crippen molar-refractivity contribution in [2.75, 3.05) is 25.4 Å².